The number of carbonyl (C=O) groups is 5. The molecule has 15 atom stereocenters. The van der Waals surface area contributed by atoms with Gasteiger partial charge in [-0.15, -0.1) is 0 Å². The average molecular weight is 1820 g/mol. The first-order valence-electron chi connectivity index (χ1n) is 40.2. The summed E-state index contributed by atoms with van der Waals surface area (Å²) in [4.78, 5) is 65.2. The van der Waals surface area contributed by atoms with Crippen LogP contribution in [0.2, 0.25) is 0 Å². The smallest absolute Gasteiger partial charge is 0.408 e. The summed E-state index contributed by atoms with van der Waals surface area (Å²) in [5, 5.41) is 52.0. The maximum absolute atomic E-state index is 13.9. The molecule has 11 N–H and O–H groups in total. The number of carbonyl (C=O) groups excluding carboxylic acids is 5. The summed E-state index contributed by atoms with van der Waals surface area (Å²) in [6.45, 7) is 26.8. The minimum absolute atomic E-state index is 0.0419. The van der Waals surface area contributed by atoms with Gasteiger partial charge in [-0.1, -0.05) is 45.7 Å². The molecule has 7 fully saturated rings. The Bertz CT molecular complexity index is 3700. The molecule has 0 aromatic heterocycles. The van der Waals surface area contributed by atoms with E-state index in [4.69, 9.17) is 51.1 Å². The van der Waals surface area contributed by atoms with Crippen LogP contribution in [0, 0.1) is 0 Å². The van der Waals surface area contributed by atoms with E-state index in [0.717, 1.165) is 5.56 Å². The Kier molecular flexibility index (Phi) is 42.2. The molecule has 0 spiro atoms. The molecule has 1 aromatic carbocycles. The van der Waals surface area contributed by atoms with Crippen LogP contribution in [0.5, 0.6) is 0 Å². The summed E-state index contributed by atoms with van der Waals surface area (Å²) in [5.74, 6) is -21.7. The maximum atomic E-state index is 13.9. The molecule has 7 aliphatic rings. The lowest BCUT2D eigenvalue weighted by Gasteiger charge is -2.37. The van der Waals surface area contributed by atoms with Gasteiger partial charge >= 0.3 is 30.5 Å². The average Bonchev–Trinajstić information content (AvgIpc) is 0.806. The van der Waals surface area contributed by atoms with Gasteiger partial charge < -0.3 is 76.6 Å². The van der Waals surface area contributed by atoms with Crippen molar-refractivity contribution in [1.82, 2.24) is 31.9 Å². The number of hydrogen-bond donors (Lipinski definition) is 10. The van der Waals surface area contributed by atoms with E-state index in [-0.39, 0.29) is 83.1 Å². The number of alkyl carbamates (subject to hydrolysis) is 5. The maximum Gasteiger partial charge on any atom is 0.408 e. The van der Waals surface area contributed by atoms with E-state index in [0.29, 0.717) is 57.6 Å². The lowest BCUT2D eigenvalue weighted by molar-refractivity contribution is -0.144. The number of amides is 5. The minimum Gasteiger partial charge on any atom is -0.444 e. The first-order chi connectivity index (χ1) is 55.9. The molecule has 123 heavy (non-hydrogen) atoms. The van der Waals surface area contributed by atoms with Gasteiger partial charge in [-0.2, -0.15) is 8.42 Å². The van der Waals surface area contributed by atoms with E-state index < -0.39 is 201 Å². The highest BCUT2D eigenvalue weighted by Crippen LogP contribution is 2.42. The van der Waals surface area contributed by atoms with E-state index in [1.165, 1.54) is 0 Å². The fourth-order valence-electron chi connectivity index (χ4n) is 13.5. The summed E-state index contributed by atoms with van der Waals surface area (Å²) in [5.41, 5.74) is 27.7. The van der Waals surface area contributed by atoms with Gasteiger partial charge in [0, 0.05) is 89.9 Å². The molecule has 0 heterocycles. The third kappa shape index (κ3) is 41.5. The first-order valence-corrected chi connectivity index (χ1v) is 42.0. The van der Waals surface area contributed by atoms with Gasteiger partial charge in [0.25, 0.3) is 51.6 Å². The molecular formula is C76H124F14N16O16S. The molecule has 0 saturated heterocycles. The fraction of sp³-hybridized carbons (Fsp3) is 0.855. The van der Waals surface area contributed by atoms with Gasteiger partial charge in [-0.3, -0.25) is 4.18 Å². The fourth-order valence-corrected chi connectivity index (χ4v) is 14.1. The van der Waals surface area contributed by atoms with Crippen molar-refractivity contribution in [3.8, 4) is 0 Å². The van der Waals surface area contributed by atoms with Crippen molar-refractivity contribution in [3.05, 3.63) is 67.2 Å². The van der Waals surface area contributed by atoms with Crippen LogP contribution in [0.1, 0.15) is 257 Å². The highest BCUT2D eigenvalue weighted by atomic mass is 32.2. The van der Waals surface area contributed by atoms with Crippen LogP contribution in [-0.4, -0.2) is 215 Å². The van der Waals surface area contributed by atoms with Crippen molar-refractivity contribution in [2.24, 2.45) is 21.1 Å². The standard InChI is InChI=1S/C14H19F2NO.C12H21F2NO5S.3C11H18F2N4O2.C11H19F2NO3.C6H11F2NO/c1-10(11-6-3-2-4-7-11)17-12-8-5-9-14(15,16)13(12)18;1-11(2,3)19-10(16)15-8-6-5-7-12(13,14)9(8)20-21(4,17)18;1-10(2,3)19-9(18)15-8-7(16-17-14)5-4-6-11(8,12)13;2*1-10(2,3)19-9(18)15-7-5-4-6-11(12,13)8(7)16-17-14;1-10(2,3)17-9(16)14-7-5-4-6-11(12,13)8(7)15;7-6(8)3-1-2-4(9)5(6)10/h2-4,6-7,10,12-13,17-18H,5,8-9H2,1H3;8-9H,5-7H2,1-4H3,(H,15,16);3*7-8H,4-6H2,1-3H3,(H,15,18);7-8,15H,4-6H2,1-3H3,(H,14,16);4-5,10H,1-3,9H2/t10-,12+,13-;8-,9+;7-,8+;2*7-,8-;7-,8+;4-,5+/m1010000/s1. The SMILES string of the molecule is CC(C)(C)OC(=O)N[C@H]1CCCC(F)(F)[C@@H]1O.CC(C)(C)OC(=O)N[C@H]1CCCC(F)(F)[C@@H]1OS(C)(=O)=O.CC(C)(C)OC(=O)N[C@H]1CCCC(F)(F)[C@H]1N=[N+]=[N-].CC(C)(C)OC(=O)N[C@H]1CCCC(F)(F)[C@H]1N=[N+]=[N-].CC(C)(C)OC(=O)N[C@H]1[C@H](N=[N+]=[N-])CCCC1(F)F.C[C@@H](N[C@H]1CCCC(F)(F)[C@@H]1O)c1ccccc1.N[C@H]1CCCC(F)(F)[C@@H]1O. The molecule has 0 bridgehead atoms. The van der Waals surface area contributed by atoms with Crippen LogP contribution in [0.4, 0.5) is 85.4 Å². The van der Waals surface area contributed by atoms with Crippen molar-refractivity contribution in [1.29, 1.82) is 0 Å². The number of aliphatic hydroxyl groups is 3. The number of hydrogen-bond acceptors (Lipinski definition) is 21. The molecule has 0 unspecified atom stereocenters. The van der Waals surface area contributed by atoms with Gasteiger partial charge in [0.2, 0.25) is 0 Å². The third-order valence-electron chi connectivity index (χ3n) is 19.0. The van der Waals surface area contributed by atoms with Crippen molar-refractivity contribution in [2.45, 2.75) is 406 Å². The van der Waals surface area contributed by atoms with Crippen LogP contribution >= 0.6 is 0 Å². The highest BCUT2D eigenvalue weighted by Gasteiger charge is 2.54. The van der Waals surface area contributed by atoms with Crippen molar-refractivity contribution >= 4 is 40.6 Å². The lowest BCUT2D eigenvalue weighted by atomic mass is 9.87. The Labute approximate surface area is 707 Å². The molecule has 7 aliphatic carbocycles. The molecular weight excluding hydrogens is 1690 g/mol. The van der Waals surface area contributed by atoms with Gasteiger partial charge in [0.15, 0.2) is 6.10 Å². The Morgan fingerprint density at radius 3 is 1.07 bits per heavy atom. The van der Waals surface area contributed by atoms with Gasteiger partial charge in [-0.25, -0.2) is 85.4 Å². The number of nitrogens with zero attached hydrogens (tertiary/aromatic N) is 9. The number of benzene rings is 1. The Morgan fingerprint density at radius 1 is 0.423 bits per heavy atom. The Balaban J connectivity index is 0.000000489. The first kappa shape index (κ1) is 111. The van der Waals surface area contributed by atoms with E-state index in [2.05, 4.69) is 66.2 Å². The summed E-state index contributed by atoms with van der Waals surface area (Å²) in [7, 11) is -4.07. The van der Waals surface area contributed by atoms with Crippen molar-refractivity contribution in [2.75, 3.05) is 6.26 Å². The van der Waals surface area contributed by atoms with Gasteiger partial charge in [0.05, 0.1) is 24.4 Å². The number of ether oxygens (including phenoxy) is 5. The summed E-state index contributed by atoms with van der Waals surface area (Å²) in [6, 6.07) is -1.19. The number of nitrogens with two attached hydrogens (primary N) is 1. The van der Waals surface area contributed by atoms with Crippen LogP contribution < -0.4 is 37.6 Å². The van der Waals surface area contributed by atoms with Crippen LogP contribution in [0.15, 0.2) is 45.7 Å². The largest absolute Gasteiger partial charge is 0.444 e. The topological polar surface area (TPSA) is 480 Å². The zero-order chi connectivity index (χ0) is 94.7. The van der Waals surface area contributed by atoms with Crippen LogP contribution in [0.25, 0.3) is 31.3 Å². The quantitative estimate of drug-likeness (QED) is 0.0219. The predicted molar refractivity (Wildman–Crippen MR) is 424 cm³/mol. The number of halogens is 14. The summed E-state index contributed by atoms with van der Waals surface area (Å²) >= 11 is 0. The normalized spacial score (nSPS) is 28.0. The molecule has 1 aromatic rings. The molecule has 8 rings (SSSR count). The van der Waals surface area contributed by atoms with Crippen LogP contribution in [0.3, 0.4) is 0 Å². The lowest BCUT2D eigenvalue weighted by Crippen LogP contribution is -2.56. The number of aliphatic hydroxyl groups excluding tert-OH is 3. The molecule has 32 nitrogen and oxygen atoms in total. The zero-order valence-corrected chi connectivity index (χ0v) is 73.2. The Morgan fingerprint density at radius 2 is 0.715 bits per heavy atom. The van der Waals surface area contributed by atoms with Gasteiger partial charge in [0.1, 0.15) is 64.4 Å². The van der Waals surface area contributed by atoms with Crippen molar-refractivity contribution < 1.29 is 137 Å². The third-order valence-corrected chi connectivity index (χ3v) is 19.5. The molecule has 7 saturated carbocycles. The number of azide groups is 3. The number of nitrogens with one attached hydrogen (secondary N) is 6. The van der Waals surface area contributed by atoms with Crippen molar-refractivity contribution in [3.63, 3.8) is 0 Å². The van der Waals surface area contributed by atoms with E-state index in [1.807, 2.05) is 37.3 Å². The van der Waals surface area contributed by atoms with Crippen LogP contribution in [-0.2, 0) is 38.0 Å². The summed E-state index contributed by atoms with van der Waals surface area (Å²) < 4.78 is 240. The van der Waals surface area contributed by atoms with E-state index in [1.54, 1.807) is 104 Å². The molecule has 0 radical (unpaired) electrons. The second-order valence-corrected chi connectivity index (χ2v) is 37.5. The highest BCUT2D eigenvalue weighted by molar-refractivity contribution is 7.86. The summed E-state index contributed by atoms with van der Waals surface area (Å²) in [6.07, 6.45) is -8.14. The second kappa shape index (κ2) is 46.6. The molecule has 0 aliphatic heterocycles. The zero-order valence-electron chi connectivity index (χ0n) is 72.3. The Hall–Kier alpha value is -7.77. The second-order valence-electron chi connectivity index (χ2n) is 35.9. The monoisotopic (exact) mass is 1810 g/mol. The predicted octanol–water partition coefficient (Wildman–Crippen LogP) is 17.6. The molecule has 47 heteroatoms. The van der Waals surface area contributed by atoms with E-state index in [9.17, 15) is 104 Å². The number of rotatable bonds is 13. The van der Waals surface area contributed by atoms with Gasteiger partial charge in [-0.05, 0) is 223 Å². The molecule has 5 amide bonds. The number of alkyl halides is 14. The molecule has 708 valence electrons. The van der Waals surface area contributed by atoms with E-state index >= 15 is 0 Å². The minimum atomic E-state index is -4.07.